The van der Waals surface area contributed by atoms with Gasteiger partial charge in [0, 0.05) is 25.5 Å². The van der Waals surface area contributed by atoms with Crippen LogP contribution in [0.4, 0.5) is 8.78 Å². The standard InChI is InChI=1S/C8H11F2N3O/c9-7(10)8(14)11-3-1-5-13-6-2-4-12-13/h2,4,6-7H,1,3,5H2,(H,11,14). The van der Waals surface area contributed by atoms with Crippen molar-refractivity contribution >= 4 is 5.91 Å². The number of carbonyl (C=O) groups excluding carboxylic acids is 1. The number of aromatic nitrogens is 2. The number of amides is 1. The Hall–Kier alpha value is -1.46. The summed E-state index contributed by atoms with van der Waals surface area (Å²) in [5.41, 5.74) is 0. The maximum atomic E-state index is 11.7. The first-order valence-electron chi connectivity index (χ1n) is 4.23. The van der Waals surface area contributed by atoms with E-state index in [2.05, 4.69) is 10.4 Å². The van der Waals surface area contributed by atoms with Crippen LogP contribution in [-0.2, 0) is 11.3 Å². The molecule has 0 aliphatic carbocycles. The highest BCUT2D eigenvalue weighted by molar-refractivity contribution is 5.78. The third-order valence-corrected chi connectivity index (χ3v) is 1.62. The number of halogens is 2. The van der Waals surface area contributed by atoms with Gasteiger partial charge in [0.05, 0.1) is 0 Å². The highest BCUT2D eigenvalue weighted by Gasteiger charge is 2.13. The zero-order chi connectivity index (χ0) is 10.4. The van der Waals surface area contributed by atoms with E-state index in [0.717, 1.165) is 0 Å². The Kier molecular flexibility index (Phi) is 4.03. The lowest BCUT2D eigenvalue weighted by Crippen LogP contribution is -2.30. The zero-order valence-electron chi connectivity index (χ0n) is 7.49. The van der Waals surface area contributed by atoms with Crippen LogP contribution < -0.4 is 5.32 Å². The average molecular weight is 203 g/mol. The maximum absolute atomic E-state index is 11.7. The van der Waals surface area contributed by atoms with Crippen LogP contribution in [0, 0.1) is 0 Å². The van der Waals surface area contributed by atoms with Crippen molar-refractivity contribution in [2.45, 2.75) is 19.4 Å². The van der Waals surface area contributed by atoms with Crippen molar-refractivity contribution in [3.8, 4) is 0 Å². The maximum Gasteiger partial charge on any atom is 0.315 e. The van der Waals surface area contributed by atoms with E-state index in [1.165, 1.54) is 0 Å². The van der Waals surface area contributed by atoms with Gasteiger partial charge in [0.15, 0.2) is 0 Å². The molecule has 0 radical (unpaired) electrons. The number of carbonyl (C=O) groups is 1. The lowest BCUT2D eigenvalue weighted by atomic mass is 10.4. The van der Waals surface area contributed by atoms with Gasteiger partial charge in [0.2, 0.25) is 0 Å². The van der Waals surface area contributed by atoms with E-state index in [9.17, 15) is 13.6 Å². The van der Waals surface area contributed by atoms with Crippen molar-refractivity contribution in [1.29, 1.82) is 0 Å². The molecule has 1 amide bonds. The molecule has 1 rings (SSSR count). The van der Waals surface area contributed by atoms with Gasteiger partial charge in [-0.25, -0.2) is 0 Å². The minimum atomic E-state index is -2.93. The minimum Gasteiger partial charge on any atom is -0.351 e. The van der Waals surface area contributed by atoms with Crippen molar-refractivity contribution in [2.24, 2.45) is 0 Å². The van der Waals surface area contributed by atoms with E-state index in [0.29, 0.717) is 13.0 Å². The number of alkyl halides is 2. The quantitative estimate of drug-likeness (QED) is 0.714. The first kappa shape index (κ1) is 10.6. The molecule has 0 fully saturated rings. The van der Waals surface area contributed by atoms with Crippen molar-refractivity contribution in [1.82, 2.24) is 15.1 Å². The number of hydrogen-bond acceptors (Lipinski definition) is 2. The summed E-state index contributed by atoms with van der Waals surface area (Å²) < 4.78 is 25.1. The fourth-order valence-corrected chi connectivity index (χ4v) is 0.963. The fourth-order valence-electron chi connectivity index (χ4n) is 0.963. The molecule has 1 aromatic rings. The molecule has 0 aromatic carbocycles. The molecule has 1 aromatic heterocycles. The first-order valence-corrected chi connectivity index (χ1v) is 4.23. The van der Waals surface area contributed by atoms with Crippen LogP contribution >= 0.6 is 0 Å². The second-order valence-electron chi connectivity index (χ2n) is 2.71. The number of nitrogens with zero attached hydrogens (tertiary/aromatic N) is 2. The van der Waals surface area contributed by atoms with Gasteiger partial charge in [-0.15, -0.1) is 0 Å². The molecular weight excluding hydrogens is 192 g/mol. The lowest BCUT2D eigenvalue weighted by molar-refractivity contribution is -0.131. The SMILES string of the molecule is O=C(NCCCn1cccn1)C(F)F. The Morgan fingerprint density at radius 1 is 1.57 bits per heavy atom. The molecule has 0 bridgehead atoms. The van der Waals surface area contributed by atoms with E-state index in [1.807, 2.05) is 0 Å². The van der Waals surface area contributed by atoms with Crippen LogP contribution in [0.15, 0.2) is 18.5 Å². The average Bonchev–Trinajstić information content (AvgIpc) is 2.64. The van der Waals surface area contributed by atoms with E-state index in [4.69, 9.17) is 0 Å². The molecule has 0 saturated carbocycles. The summed E-state index contributed by atoms with van der Waals surface area (Å²) in [4.78, 5) is 10.4. The lowest BCUT2D eigenvalue weighted by Gasteiger charge is -2.04. The van der Waals surface area contributed by atoms with Gasteiger partial charge in [-0.05, 0) is 12.5 Å². The summed E-state index contributed by atoms with van der Waals surface area (Å²) >= 11 is 0. The van der Waals surface area contributed by atoms with Gasteiger partial charge in [-0.2, -0.15) is 13.9 Å². The van der Waals surface area contributed by atoms with E-state index in [-0.39, 0.29) is 6.54 Å². The predicted octanol–water partition coefficient (Wildman–Crippen LogP) is 0.654. The van der Waals surface area contributed by atoms with Crippen LogP contribution in [0.25, 0.3) is 0 Å². The van der Waals surface area contributed by atoms with E-state index >= 15 is 0 Å². The summed E-state index contributed by atoms with van der Waals surface area (Å²) in [6.45, 7) is 0.847. The largest absolute Gasteiger partial charge is 0.351 e. The fraction of sp³-hybridized carbons (Fsp3) is 0.500. The molecule has 6 heteroatoms. The Bertz CT molecular complexity index is 274. The summed E-state index contributed by atoms with van der Waals surface area (Å²) in [6, 6.07) is 1.78. The molecule has 0 aliphatic rings. The van der Waals surface area contributed by atoms with Gasteiger partial charge in [-0.3, -0.25) is 9.48 Å². The second-order valence-corrected chi connectivity index (χ2v) is 2.71. The van der Waals surface area contributed by atoms with Crippen LogP contribution in [0.1, 0.15) is 6.42 Å². The summed E-state index contributed by atoms with van der Waals surface area (Å²) in [6.07, 6.45) is 1.06. The molecule has 14 heavy (non-hydrogen) atoms. The van der Waals surface area contributed by atoms with Crippen LogP contribution in [0.3, 0.4) is 0 Å². The molecule has 0 aliphatic heterocycles. The van der Waals surface area contributed by atoms with Crippen molar-refractivity contribution in [3.05, 3.63) is 18.5 Å². The Morgan fingerprint density at radius 3 is 2.93 bits per heavy atom. The smallest absolute Gasteiger partial charge is 0.315 e. The third-order valence-electron chi connectivity index (χ3n) is 1.62. The number of hydrogen-bond donors (Lipinski definition) is 1. The van der Waals surface area contributed by atoms with Crippen LogP contribution in [0.5, 0.6) is 0 Å². The Balaban J connectivity index is 2.08. The van der Waals surface area contributed by atoms with Crippen LogP contribution in [-0.4, -0.2) is 28.7 Å². The third kappa shape index (κ3) is 3.51. The number of nitrogens with one attached hydrogen (secondary N) is 1. The molecule has 0 spiro atoms. The van der Waals surface area contributed by atoms with Gasteiger partial charge < -0.3 is 5.32 Å². The van der Waals surface area contributed by atoms with Gasteiger partial charge in [0.25, 0.3) is 5.91 Å². The van der Waals surface area contributed by atoms with Gasteiger partial charge >= 0.3 is 6.43 Å². The highest BCUT2D eigenvalue weighted by Crippen LogP contribution is 1.92. The molecular formula is C8H11F2N3O. The normalized spacial score (nSPS) is 10.5. The monoisotopic (exact) mass is 203 g/mol. The number of rotatable bonds is 5. The van der Waals surface area contributed by atoms with Gasteiger partial charge in [-0.1, -0.05) is 0 Å². The van der Waals surface area contributed by atoms with Crippen LogP contribution in [0.2, 0.25) is 0 Å². The van der Waals surface area contributed by atoms with Crippen molar-refractivity contribution in [2.75, 3.05) is 6.54 Å². The molecule has 0 atom stereocenters. The molecule has 1 N–H and O–H groups in total. The molecule has 1 heterocycles. The minimum absolute atomic E-state index is 0.239. The van der Waals surface area contributed by atoms with Crippen molar-refractivity contribution < 1.29 is 13.6 Å². The summed E-state index contributed by atoms with van der Waals surface area (Å²) in [7, 11) is 0. The summed E-state index contributed by atoms with van der Waals surface area (Å²) in [5.74, 6) is -1.22. The molecule has 78 valence electrons. The summed E-state index contributed by atoms with van der Waals surface area (Å²) in [5, 5.41) is 6.04. The predicted molar refractivity (Wildman–Crippen MR) is 45.9 cm³/mol. The van der Waals surface area contributed by atoms with Gasteiger partial charge in [0.1, 0.15) is 0 Å². The molecule has 0 saturated heterocycles. The zero-order valence-corrected chi connectivity index (χ0v) is 7.49. The molecule has 4 nitrogen and oxygen atoms in total. The second kappa shape index (κ2) is 5.31. The Labute approximate surface area is 79.9 Å². The van der Waals surface area contributed by atoms with E-state index in [1.54, 1.807) is 23.1 Å². The first-order chi connectivity index (χ1) is 6.70. The molecule has 0 unspecified atom stereocenters. The van der Waals surface area contributed by atoms with E-state index < -0.39 is 12.3 Å². The number of aryl methyl sites for hydroxylation is 1. The Morgan fingerprint density at radius 2 is 2.36 bits per heavy atom. The highest BCUT2D eigenvalue weighted by atomic mass is 19.3. The van der Waals surface area contributed by atoms with Crippen molar-refractivity contribution in [3.63, 3.8) is 0 Å². The topological polar surface area (TPSA) is 46.9 Å².